The maximum absolute atomic E-state index is 12.4. The number of benzene rings is 2. The Hall–Kier alpha value is -1.72. The molecular weight excluding hydrogens is 310 g/mol. The van der Waals surface area contributed by atoms with E-state index in [0.717, 1.165) is 11.1 Å². The van der Waals surface area contributed by atoms with E-state index in [1.165, 1.54) is 12.1 Å². The van der Waals surface area contributed by atoms with Crippen molar-refractivity contribution in [3.8, 4) is 5.75 Å². The lowest BCUT2D eigenvalue weighted by molar-refractivity contribution is 0.409. The third-order valence-corrected chi connectivity index (χ3v) is 4.81. The van der Waals surface area contributed by atoms with Crippen LogP contribution in [-0.4, -0.2) is 15.5 Å². The fourth-order valence-electron chi connectivity index (χ4n) is 2.07. The monoisotopic (exact) mass is 325 g/mol. The quantitative estimate of drug-likeness (QED) is 0.931. The molecule has 0 saturated carbocycles. The van der Waals surface area contributed by atoms with E-state index in [1.54, 1.807) is 25.3 Å². The van der Waals surface area contributed by atoms with Crippen LogP contribution in [0.2, 0.25) is 5.02 Å². The zero-order valence-corrected chi connectivity index (χ0v) is 13.5. The van der Waals surface area contributed by atoms with Crippen LogP contribution >= 0.6 is 11.6 Å². The van der Waals surface area contributed by atoms with E-state index in [0.29, 0.717) is 16.5 Å². The number of halogens is 1. The molecule has 0 aromatic heterocycles. The molecule has 4 nitrogen and oxygen atoms in total. The normalized spacial score (nSPS) is 11.2. The van der Waals surface area contributed by atoms with Gasteiger partial charge < -0.3 is 4.74 Å². The Kier molecular flexibility index (Phi) is 4.44. The average Bonchev–Trinajstić information content (AvgIpc) is 2.43. The minimum absolute atomic E-state index is 0.158. The fraction of sp³-hybridized carbons (Fsp3) is 0.200. The van der Waals surface area contributed by atoms with Crippen LogP contribution in [0.5, 0.6) is 5.75 Å². The Morgan fingerprint density at radius 3 is 2.24 bits per heavy atom. The highest BCUT2D eigenvalue weighted by molar-refractivity contribution is 7.92. The first kappa shape index (κ1) is 15.7. The zero-order chi connectivity index (χ0) is 15.6. The zero-order valence-electron chi connectivity index (χ0n) is 12.0. The van der Waals surface area contributed by atoms with E-state index in [9.17, 15) is 8.42 Å². The van der Waals surface area contributed by atoms with Crippen molar-refractivity contribution in [3.63, 3.8) is 0 Å². The summed E-state index contributed by atoms with van der Waals surface area (Å²) in [7, 11) is -2.09. The number of rotatable bonds is 4. The molecular formula is C15H16ClNO3S. The topological polar surface area (TPSA) is 55.4 Å². The number of aryl methyl sites for hydroxylation is 1. The molecule has 0 amide bonds. The van der Waals surface area contributed by atoms with Gasteiger partial charge in [-0.05, 0) is 49.7 Å². The molecule has 2 aromatic rings. The van der Waals surface area contributed by atoms with Gasteiger partial charge in [-0.15, -0.1) is 0 Å². The lowest BCUT2D eigenvalue weighted by Crippen LogP contribution is -2.14. The highest BCUT2D eigenvalue weighted by atomic mass is 35.5. The first-order chi connectivity index (χ1) is 9.85. The van der Waals surface area contributed by atoms with Crippen molar-refractivity contribution in [2.24, 2.45) is 0 Å². The van der Waals surface area contributed by atoms with Gasteiger partial charge in [0.25, 0.3) is 10.0 Å². The van der Waals surface area contributed by atoms with Crippen LogP contribution in [0.4, 0.5) is 5.69 Å². The molecule has 0 aliphatic heterocycles. The maximum atomic E-state index is 12.4. The van der Waals surface area contributed by atoms with Crippen molar-refractivity contribution in [1.29, 1.82) is 0 Å². The summed E-state index contributed by atoms with van der Waals surface area (Å²) in [4.78, 5) is 0.158. The molecule has 0 fully saturated rings. The third kappa shape index (κ3) is 3.31. The van der Waals surface area contributed by atoms with Crippen molar-refractivity contribution in [2.75, 3.05) is 11.8 Å². The van der Waals surface area contributed by atoms with Gasteiger partial charge in [0, 0.05) is 10.6 Å². The summed E-state index contributed by atoms with van der Waals surface area (Å²) in [5, 5.41) is 0.488. The molecule has 0 heterocycles. The molecule has 0 aliphatic carbocycles. The number of anilines is 1. The predicted octanol–water partition coefficient (Wildman–Crippen LogP) is 3.77. The minimum Gasteiger partial charge on any atom is -0.496 e. The molecule has 112 valence electrons. The van der Waals surface area contributed by atoms with E-state index in [-0.39, 0.29) is 4.90 Å². The number of methoxy groups -OCH3 is 1. The fourth-order valence-corrected chi connectivity index (χ4v) is 3.32. The van der Waals surface area contributed by atoms with Gasteiger partial charge in [-0.3, -0.25) is 4.72 Å². The van der Waals surface area contributed by atoms with Gasteiger partial charge in [0.15, 0.2) is 0 Å². The van der Waals surface area contributed by atoms with Crippen molar-refractivity contribution >= 4 is 27.3 Å². The summed E-state index contributed by atoms with van der Waals surface area (Å²) in [5.41, 5.74) is 2.19. The van der Waals surface area contributed by atoms with E-state index in [1.807, 2.05) is 19.9 Å². The molecule has 1 N–H and O–H groups in total. The van der Waals surface area contributed by atoms with Crippen LogP contribution < -0.4 is 9.46 Å². The molecule has 0 saturated heterocycles. The summed E-state index contributed by atoms with van der Waals surface area (Å²) in [6.45, 7) is 3.72. The Bertz CT molecular complexity index is 755. The van der Waals surface area contributed by atoms with Gasteiger partial charge in [0.1, 0.15) is 5.75 Å². The largest absolute Gasteiger partial charge is 0.496 e. The van der Waals surface area contributed by atoms with Gasteiger partial charge in [-0.2, -0.15) is 0 Å². The van der Waals surface area contributed by atoms with Crippen molar-refractivity contribution in [2.45, 2.75) is 18.7 Å². The lowest BCUT2D eigenvalue weighted by atomic mass is 10.1. The van der Waals surface area contributed by atoms with Crippen LogP contribution in [0.15, 0.2) is 41.3 Å². The number of nitrogens with one attached hydrogen (secondary N) is 1. The van der Waals surface area contributed by atoms with E-state index < -0.39 is 10.0 Å². The molecule has 0 radical (unpaired) electrons. The smallest absolute Gasteiger partial charge is 0.261 e. The first-order valence-electron chi connectivity index (χ1n) is 6.27. The molecule has 2 rings (SSSR count). The second-order valence-electron chi connectivity index (χ2n) is 4.65. The highest BCUT2D eigenvalue weighted by Gasteiger charge is 2.17. The SMILES string of the molecule is COc1c(C)ccc(NS(=O)(=O)c2ccc(Cl)cc2)c1C. The summed E-state index contributed by atoms with van der Waals surface area (Å²) in [6, 6.07) is 9.54. The van der Waals surface area contributed by atoms with Gasteiger partial charge in [-0.1, -0.05) is 17.7 Å². The standard InChI is InChI=1S/C15H16ClNO3S/c1-10-4-9-14(11(2)15(10)20-3)17-21(18,19)13-7-5-12(16)6-8-13/h4-9,17H,1-3H3. The minimum atomic E-state index is -3.65. The predicted molar refractivity (Wildman–Crippen MR) is 84.7 cm³/mol. The van der Waals surface area contributed by atoms with Gasteiger partial charge in [0.2, 0.25) is 0 Å². The average molecular weight is 326 g/mol. The molecule has 21 heavy (non-hydrogen) atoms. The number of hydrogen-bond donors (Lipinski definition) is 1. The van der Waals surface area contributed by atoms with Gasteiger partial charge >= 0.3 is 0 Å². The second-order valence-corrected chi connectivity index (χ2v) is 6.77. The van der Waals surface area contributed by atoms with Crippen molar-refractivity contribution in [1.82, 2.24) is 0 Å². The van der Waals surface area contributed by atoms with Crippen molar-refractivity contribution in [3.05, 3.63) is 52.5 Å². The first-order valence-corrected chi connectivity index (χ1v) is 8.14. The molecule has 0 aliphatic rings. The van der Waals surface area contributed by atoms with E-state index in [2.05, 4.69) is 4.72 Å². The van der Waals surface area contributed by atoms with Crippen LogP contribution in [0.3, 0.4) is 0 Å². The summed E-state index contributed by atoms with van der Waals surface area (Å²) < 4.78 is 32.6. The Balaban J connectivity index is 2.39. The molecule has 0 spiro atoms. The van der Waals surface area contributed by atoms with E-state index in [4.69, 9.17) is 16.3 Å². The molecule has 6 heteroatoms. The van der Waals surface area contributed by atoms with Crippen molar-refractivity contribution < 1.29 is 13.2 Å². The summed E-state index contributed by atoms with van der Waals surface area (Å²) in [5.74, 6) is 0.673. The third-order valence-electron chi connectivity index (χ3n) is 3.18. The van der Waals surface area contributed by atoms with Crippen LogP contribution in [0.25, 0.3) is 0 Å². The maximum Gasteiger partial charge on any atom is 0.261 e. The highest BCUT2D eigenvalue weighted by Crippen LogP contribution is 2.30. The second kappa shape index (κ2) is 5.95. The van der Waals surface area contributed by atoms with Gasteiger partial charge in [-0.25, -0.2) is 8.42 Å². The number of ether oxygens (including phenoxy) is 1. The number of hydrogen-bond acceptors (Lipinski definition) is 3. The van der Waals surface area contributed by atoms with Crippen LogP contribution in [0.1, 0.15) is 11.1 Å². The lowest BCUT2D eigenvalue weighted by Gasteiger charge is -2.15. The Morgan fingerprint density at radius 1 is 1.05 bits per heavy atom. The molecule has 0 unspecified atom stereocenters. The summed E-state index contributed by atoms with van der Waals surface area (Å²) >= 11 is 5.77. The van der Waals surface area contributed by atoms with Crippen LogP contribution in [0, 0.1) is 13.8 Å². The Morgan fingerprint density at radius 2 is 1.67 bits per heavy atom. The molecule has 0 bridgehead atoms. The summed E-state index contributed by atoms with van der Waals surface area (Å²) in [6.07, 6.45) is 0. The Labute approximate surface area is 129 Å². The molecule has 0 atom stereocenters. The number of sulfonamides is 1. The molecule has 2 aromatic carbocycles. The van der Waals surface area contributed by atoms with Gasteiger partial charge in [0.05, 0.1) is 17.7 Å². The van der Waals surface area contributed by atoms with Crippen LogP contribution in [-0.2, 0) is 10.0 Å². The van der Waals surface area contributed by atoms with E-state index >= 15 is 0 Å².